The molecular weight excluding hydrogens is 326 g/mol. The Bertz CT molecular complexity index is 720. The number of methoxy groups -OCH3 is 1. The molecule has 9 heteroatoms. The molecule has 2 aromatic rings. The number of nitrogens with zero attached hydrogens (tertiary/aromatic N) is 5. The molecule has 1 fully saturated rings. The normalized spacial score (nSPS) is 18.4. The Morgan fingerprint density at radius 1 is 1.48 bits per heavy atom. The van der Waals surface area contributed by atoms with Crippen molar-refractivity contribution >= 4 is 5.97 Å². The molecule has 1 aromatic heterocycles. The van der Waals surface area contributed by atoms with E-state index in [-0.39, 0.29) is 6.10 Å². The predicted octanol–water partition coefficient (Wildman–Crippen LogP) is 0.591. The lowest BCUT2D eigenvalue weighted by Gasteiger charge is -2.32. The second kappa shape index (κ2) is 8.15. The maximum atomic E-state index is 11.1. The molecule has 1 atom stereocenters. The Morgan fingerprint density at radius 3 is 3.16 bits per heavy atom. The summed E-state index contributed by atoms with van der Waals surface area (Å²) in [5, 5.41) is 20.9. The standard InChI is InChI=1S/C16H21N5O4/c1-24-7-6-21-15(17-18-19-21)14-11-20(5-8-25-14)10-12-3-2-4-13(9-12)16(22)23/h2-4,9,14H,5-8,10-11H2,1H3,(H,22,23). The number of aromatic carboxylic acids is 1. The third-order valence-electron chi connectivity index (χ3n) is 4.09. The maximum absolute atomic E-state index is 11.1. The first kappa shape index (κ1) is 17.5. The summed E-state index contributed by atoms with van der Waals surface area (Å²) in [4.78, 5) is 13.3. The van der Waals surface area contributed by atoms with E-state index < -0.39 is 5.97 Å². The van der Waals surface area contributed by atoms with Gasteiger partial charge in [-0.2, -0.15) is 0 Å². The van der Waals surface area contributed by atoms with E-state index in [0.29, 0.717) is 44.2 Å². The molecule has 1 unspecified atom stereocenters. The Hall–Kier alpha value is -2.36. The molecule has 0 bridgehead atoms. The van der Waals surface area contributed by atoms with Crippen molar-refractivity contribution < 1.29 is 19.4 Å². The molecule has 0 saturated carbocycles. The van der Waals surface area contributed by atoms with Gasteiger partial charge in [-0.1, -0.05) is 12.1 Å². The molecule has 9 nitrogen and oxygen atoms in total. The molecule has 0 spiro atoms. The van der Waals surface area contributed by atoms with E-state index in [1.54, 1.807) is 30.0 Å². The zero-order valence-corrected chi connectivity index (χ0v) is 14.0. The van der Waals surface area contributed by atoms with Crippen molar-refractivity contribution in [1.82, 2.24) is 25.1 Å². The lowest BCUT2D eigenvalue weighted by molar-refractivity contribution is -0.0396. The molecule has 3 rings (SSSR count). The molecule has 2 heterocycles. The van der Waals surface area contributed by atoms with Crippen LogP contribution in [0.4, 0.5) is 0 Å². The number of carboxylic acids is 1. The number of ether oxygens (including phenoxy) is 2. The van der Waals surface area contributed by atoms with Gasteiger partial charge in [0, 0.05) is 26.7 Å². The fourth-order valence-electron chi connectivity index (χ4n) is 2.84. The molecule has 1 aliphatic rings. The molecule has 1 N–H and O–H groups in total. The Balaban J connectivity index is 1.66. The average Bonchev–Trinajstić information content (AvgIpc) is 3.09. The highest BCUT2D eigenvalue weighted by Gasteiger charge is 2.26. The molecule has 1 aliphatic heterocycles. The van der Waals surface area contributed by atoms with E-state index in [4.69, 9.17) is 14.6 Å². The number of carbonyl (C=O) groups is 1. The molecule has 0 radical (unpaired) electrons. The van der Waals surface area contributed by atoms with Crippen LogP contribution >= 0.6 is 0 Å². The lowest BCUT2D eigenvalue weighted by atomic mass is 10.1. The van der Waals surface area contributed by atoms with Gasteiger partial charge in [-0.05, 0) is 28.1 Å². The summed E-state index contributed by atoms with van der Waals surface area (Å²) in [6, 6.07) is 6.99. The van der Waals surface area contributed by atoms with Crippen molar-refractivity contribution in [3.63, 3.8) is 0 Å². The molecule has 1 saturated heterocycles. The third kappa shape index (κ3) is 4.38. The second-order valence-electron chi connectivity index (χ2n) is 5.85. The monoisotopic (exact) mass is 347 g/mol. The minimum absolute atomic E-state index is 0.219. The minimum Gasteiger partial charge on any atom is -0.478 e. The van der Waals surface area contributed by atoms with Crippen LogP contribution in [0.1, 0.15) is 27.8 Å². The molecule has 1 aromatic carbocycles. The Kier molecular flexibility index (Phi) is 5.69. The smallest absolute Gasteiger partial charge is 0.335 e. The molecular formula is C16H21N5O4. The summed E-state index contributed by atoms with van der Waals surface area (Å²) in [7, 11) is 1.63. The fourth-order valence-corrected chi connectivity index (χ4v) is 2.84. The van der Waals surface area contributed by atoms with Crippen LogP contribution < -0.4 is 0 Å². The highest BCUT2D eigenvalue weighted by molar-refractivity contribution is 5.87. The van der Waals surface area contributed by atoms with Gasteiger partial charge in [-0.15, -0.1) is 5.10 Å². The summed E-state index contributed by atoms with van der Waals surface area (Å²) in [6.45, 7) is 3.73. The first-order valence-electron chi connectivity index (χ1n) is 8.08. The summed E-state index contributed by atoms with van der Waals surface area (Å²) < 4.78 is 12.6. The van der Waals surface area contributed by atoms with Gasteiger partial charge >= 0.3 is 5.97 Å². The summed E-state index contributed by atoms with van der Waals surface area (Å²) in [5.74, 6) is -0.236. The van der Waals surface area contributed by atoms with Gasteiger partial charge in [0.05, 0.1) is 25.3 Å². The zero-order valence-electron chi connectivity index (χ0n) is 14.0. The SMILES string of the molecule is COCCn1nnnc1C1CN(Cc2cccc(C(=O)O)c2)CCO1. The highest BCUT2D eigenvalue weighted by Crippen LogP contribution is 2.21. The van der Waals surface area contributed by atoms with Crippen LogP contribution in [0.25, 0.3) is 0 Å². The zero-order chi connectivity index (χ0) is 17.6. The van der Waals surface area contributed by atoms with Crippen molar-refractivity contribution in [2.24, 2.45) is 0 Å². The number of carboxylic acid groups (broad SMARTS) is 1. The van der Waals surface area contributed by atoms with Crippen molar-refractivity contribution in [3.8, 4) is 0 Å². The van der Waals surface area contributed by atoms with Crippen LogP contribution in [0.5, 0.6) is 0 Å². The maximum Gasteiger partial charge on any atom is 0.335 e. The van der Waals surface area contributed by atoms with E-state index in [1.807, 2.05) is 6.07 Å². The topological polar surface area (TPSA) is 103 Å². The van der Waals surface area contributed by atoms with E-state index in [9.17, 15) is 4.79 Å². The van der Waals surface area contributed by atoms with E-state index in [2.05, 4.69) is 20.4 Å². The van der Waals surface area contributed by atoms with Crippen molar-refractivity contribution in [1.29, 1.82) is 0 Å². The second-order valence-corrected chi connectivity index (χ2v) is 5.85. The largest absolute Gasteiger partial charge is 0.478 e. The number of hydrogen-bond donors (Lipinski definition) is 1. The van der Waals surface area contributed by atoms with Gasteiger partial charge in [0.1, 0.15) is 6.10 Å². The van der Waals surface area contributed by atoms with E-state index in [0.717, 1.165) is 12.1 Å². The van der Waals surface area contributed by atoms with E-state index >= 15 is 0 Å². The Morgan fingerprint density at radius 2 is 2.36 bits per heavy atom. The minimum atomic E-state index is -0.918. The van der Waals surface area contributed by atoms with Crippen LogP contribution in [0, 0.1) is 0 Å². The average molecular weight is 347 g/mol. The van der Waals surface area contributed by atoms with Gasteiger partial charge in [0.25, 0.3) is 0 Å². The van der Waals surface area contributed by atoms with Crippen molar-refractivity contribution in [2.75, 3.05) is 33.4 Å². The third-order valence-corrected chi connectivity index (χ3v) is 4.09. The van der Waals surface area contributed by atoms with Gasteiger partial charge in [-0.3, -0.25) is 4.90 Å². The number of tetrazole rings is 1. The van der Waals surface area contributed by atoms with E-state index in [1.165, 1.54) is 0 Å². The number of rotatable bonds is 7. The quantitative estimate of drug-likeness (QED) is 0.776. The summed E-state index contributed by atoms with van der Waals surface area (Å²) >= 11 is 0. The van der Waals surface area contributed by atoms with Crippen LogP contribution in [0.15, 0.2) is 24.3 Å². The van der Waals surface area contributed by atoms with Crippen LogP contribution in [-0.2, 0) is 22.6 Å². The van der Waals surface area contributed by atoms with Gasteiger partial charge < -0.3 is 14.6 Å². The van der Waals surface area contributed by atoms with Crippen LogP contribution in [0.2, 0.25) is 0 Å². The van der Waals surface area contributed by atoms with Crippen LogP contribution in [-0.4, -0.2) is 69.6 Å². The van der Waals surface area contributed by atoms with Gasteiger partial charge in [0.15, 0.2) is 5.82 Å². The first-order chi connectivity index (χ1) is 12.2. The van der Waals surface area contributed by atoms with Gasteiger partial charge in [-0.25, -0.2) is 9.48 Å². The molecule has 0 amide bonds. The number of benzene rings is 1. The Labute approximate surface area is 145 Å². The van der Waals surface area contributed by atoms with Crippen LogP contribution in [0.3, 0.4) is 0 Å². The molecule has 25 heavy (non-hydrogen) atoms. The summed E-state index contributed by atoms with van der Waals surface area (Å²) in [5.41, 5.74) is 1.25. The first-order valence-corrected chi connectivity index (χ1v) is 8.08. The molecule has 0 aliphatic carbocycles. The molecule has 134 valence electrons. The number of aromatic nitrogens is 4. The predicted molar refractivity (Wildman–Crippen MR) is 87.1 cm³/mol. The van der Waals surface area contributed by atoms with Crippen molar-refractivity contribution in [3.05, 3.63) is 41.2 Å². The number of hydrogen-bond acceptors (Lipinski definition) is 7. The lowest BCUT2D eigenvalue weighted by Crippen LogP contribution is -2.39. The highest BCUT2D eigenvalue weighted by atomic mass is 16.5. The van der Waals surface area contributed by atoms with Gasteiger partial charge in [0.2, 0.25) is 0 Å². The summed E-state index contributed by atoms with van der Waals surface area (Å²) in [6.07, 6.45) is -0.219. The number of morpholine rings is 1. The fraction of sp³-hybridized carbons (Fsp3) is 0.500. The van der Waals surface area contributed by atoms with Crippen molar-refractivity contribution in [2.45, 2.75) is 19.2 Å².